The van der Waals surface area contributed by atoms with E-state index in [1.54, 1.807) is 35.4 Å². The molecule has 0 aliphatic carbocycles. The summed E-state index contributed by atoms with van der Waals surface area (Å²) in [5.41, 5.74) is 1.51. The molecule has 0 aliphatic rings. The summed E-state index contributed by atoms with van der Waals surface area (Å²) in [4.78, 5) is 14.4. The topological polar surface area (TPSA) is 73.8 Å². The number of aromatic nitrogens is 3. The van der Waals surface area contributed by atoms with Crippen LogP contribution in [0, 0.1) is 10.1 Å². The number of rotatable bonds is 2. The van der Waals surface area contributed by atoms with Crippen LogP contribution in [0.3, 0.4) is 0 Å². The lowest BCUT2D eigenvalue weighted by Crippen LogP contribution is -1.98. The Kier molecular flexibility index (Phi) is 2.75. The molecule has 0 unspecified atom stereocenters. The Bertz CT molecular complexity index is 784. The Balaban J connectivity index is 2.27. The van der Waals surface area contributed by atoms with Crippen LogP contribution in [0.4, 0.5) is 5.69 Å². The predicted molar refractivity (Wildman–Crippen MR) is 73.2 cm³/mol. The molecule has 7 heteroatoms. The highest BCUT2D eigenvalue weighted by Gasteiger charge is 2.12. The highest BCUT2D eigenvalue weighted by atomic mass is 79.9. The van der Waals surface area contributed by atoms with Crippen LogP contribution in [-0.2, 0) is 0 Å². The van der Waals surface area contributed by atoms with Gasteiger partial charge < -0.3 is 0 Å². The molecule has 19 heavy (non-hydrogen) atoms. The van der Waals surface area contributed by atoms with Crippen LogP contribution in [-0.4, -0.2) is 19.7 Å². The number of halogens is 1. The van der Waals surface area contributed by atoms with Gasteiger partial charge >= 0.3 is 0 Å². The molecule has 0 radical (unpaired) electrons. The third-order valence-corrected chi connectivity index (χ3v) is 3.36. The normalized spacial score (nSPS) is 10.8. The van der Waals surface area contributed by atoms with Gasteiger partial charge in [-0.3, -0.25) is 15.1 Å². The molecule has 0 fully saturated rings. The summed E-state index contributed by atoms with van der Waals surface area (Å²) in [5, 5.41) is 15.9. The van der Waals surface area contributed by atoms with E-state index in [1.807, 2.05) is 0 Å². The van der Waals surface area contributed by atoms with Crippen LogP contribution in [0.25, 0.3) is 16.6 Å². The van der Waals surface area contributed by atoms with Crippen molar-refractivity contribution in [3.8, 4) is 5.69 Å². The van der Waals surface area contributed by atoms with E-state index < -0.39 is 4.92 Å². The van der Waals surface area contributed by atoms with Crippen molar-refractivity contribution >= 4 is 32.5 Å². The molecule has 6 nitrogen and oxygen atoms in total. The second-order valence-corrected chi connectivity index (χ2v) is 4.74. The van der Waals surface area contributed by atoms with E-state index in [2.05, 4.69) is 26.0 Å². The summed E-state index contributed by atoms with van der Waals surface area (Å²) in [5.74, 6) is 0. The van der Waals surface area contributed by atoms with Gasteiger partial charge in [0.1, 0.15) is 0 Å². The zero-order chi connectivity index (χ0) is 13.4. The third-order valence-electron chi connectivity index (χ3n) is 2.74. The number of non-ortho nitro benzene ring substituents is 1. The molecule has 0 aliphatic heterocycles. The van der Waals surface area contributed by atoms with Gasteiger partial charge in [0.25, 0.3) is 5.69 Å². The maximum Gasteiger partial charge on any atom is 0.271 e. The van der Waals surface area contributed by atoms with Crippen LogP contribution >= 0.6 is 15.9 Å². The van der Waals surface area contributed by atoms with Crippen LogP contribution in [0.1, 0.15) is 0 Å². The van der Waals surface area contributed by atoms with Gasteiger partial charge in [-0.2, -0.15) is 5.10 Å². The van der Waals surface area contributed by atoms with Gasteiger partial charge in [0.2, 0.25) is 0 Å². The molecule has 2 aromatic heterocycles. The second-order valence-electron chi connectivity index (χ2n) is 3.88. The van der Waals surface area contributed by atoms with Gasteiger partial charge in [0.05, 0.1) is 26.8 Å². The Labute approximate surface area is 116 Å². The van der Waals surface area contributed by atoms with Crippen LogP contribution in [0.2, 0.25) is 0 Å². The van der Waals surface area contributed by atoms with E-state index in [9.17, 15) is 10.1 Å². The minimum Gasteiger partial charge on any atom is -0.263 e. The molecule has 0 bridgehead atoms. The molecule has 94 valence electrons. The highest BCUT2D eigenvalue weighted by Crippen LogP contribution is 2.26. The third kappa shape index (κ3) is 1.97. The number of pyridine rings is 1. The van der Waals surface area contributed by atoms with Crippen molar-refractivity contribution in [1.82, 2.24) is 14.8 Å². The zero-order valence-electron chi connectivity index (χ0n) is 9.52. The number of fused-ring (bicyclic) bond motifs is 1. The summed E-state index contributed by atoms with van der Waals surface area (Å²) in [6.07, 6.45) is 4.97. The minimum absolute atomic E-state index is 0.0411. The maximum atomic E-state index is 10.8. The fourth-order valence-electron chi connectivity index (χ4n) is 1.85. The van der Waals surface area contributed by atoms with Crippen molar-refractivity contribution in [3.63, 3.8) is 0 Å². The van der Waals surface area contributed by atoms with E-state index in [-0.39, 0.29) is 5.69 Å². The number of benzene rings is 1. The number of nitrogens with zero attached hydrogens (tertiary/aromatic N) is 4. The summed E-state index contributed by atoms with van der Waals surface area (Å²) < 4.78 is 2.42. The first-order valence-corrected chi connectivity index (χ1v) is 6.18. The summed E-state index contributed by atoms with van der Waals surface area (Å²) in [6, 6.07) is 6.45. The van der Waals surface area contributed by atoms with Gasteiger partial charge in [0, 0.05) is 29.9 Å². The quantitative estimate of drug-likeness (QED) is 0.537. The average molecular weight is 319 g/mol. The summed E-state index contributed by atoms with van der Waals surface area (Å²) in [7, 11) is 0. The molecular weight excluding hydrogens is 312 g/mol. The molecule has 0 atom stereocenters. The van der Waals surface area contributed by atoms with Gasteiger partial charge in [-0.25, -0.2) is 4.68 Å². The first-order chi connectivity index (χ1) is 9.16. The monoisotopic (exact) mass is 318 g/mol. The van der Waals surface area contributed by atoms with Crippen molar-refractivity contribution < 1.29 is 4.92 Å². The van der Waals surface area contributed by atoms with Crippen molar-refractivity contribution in [2.75, 3.05) is 0 Å². The zero-order valence-corrected chi connectivity index (χ0v) is 11.1. The second kappa shape index (κ2) is 4.43. The SMILES string of the molecule is O=[N+]([O-])c1ccc2cnn(-c3ccncc3Br)c2c1. The molecule has 0 saturated heterocycles. The number of hydrogen-bond acceptors (Lipinski definition) is 4. The standard InChI is InChI=1S/C12H7BrN4O2/c13-10-7-14-4-3-11(10)16-12-5-9(17(18)19)2-1-8(12)6-15-16/h1-7H. The lowest BCUT2D eigenvalue weighted by Gasteiger charge is -2.05. The fraction of sp³-hybridized carbons (Fsp3) is 0. The Hall–Kier alpha value is -2.28. The van der Waals surface area contributed by atoms with E-state index >= 15 is 0 Å². The van der Waals surface area contributed by atoms with Crippen LogP contribution < -0.4 is 0 Å². The van der Waals surface area contributed by atoms with E-state index in [1.165, 1.54) is 12.1 Å². The molecule has 2 heterocycles. The minimum atomic E-state index is -0.418. The van der Waals surface area contributed by atoms with E-state index in [0.717, 1.165) is 15.5 Å². The molecule has 0 amide bonds. The summed E-state index contributed by atoms with van der Waals surface area (Å²) >= 11 is 3.39. The number of nitro groups is 1. The predicted octanol–water partition coefficient (Wildman–Crippen LogP) is 3.09. The van der Waals surface area contributed by atoms with Crippen molar-refractivity contribution in [2.45, 2.75) is 0 Å². The first-order valence-electron chi connectivity index (χ1n) is 5.39. The van der Waals surface area contributed by atoms with Crippen LogP contribution in [0.15, 0.2) is 47.3 Å². The first kappa shape index (κ1) is 11.8. The Morgan fingerprint density at radius 1 is 1.26 bits per heavy atom. The van der Waals surface area contributed by atoms with Crippen molar-refractivity contribution in [1.29, 1.82) is 0 Å². The van der Waals surface area contributed by atoms with Gasteiger partial charge in [-0.15, -0.1) is 0 Å². The number of hydrogen-bond donors (Lipinski definition) is 0. The van der Waals surface area contributed by atoms with Crippen molar-refractivity contribution in [2.24, 2.45) is 0 Å². The van der Waals surface area contributed by atoms with E-state index in [0.29, 0.717) is 5.52 Å². The van der Waals surface area contributed by atoms with Crippen molar-refractivity contribution in [3.05, 3.63) is 57.4 Å². The molecule has 1 aromatic carbocycles. The lowest BCUT2D eigenvalue weighted by atomic mass is 10.2. The molecule has 0 saturated carbocycles. The summed E-state index contributed by atoms with van der Waals surface area (Å²) in [6.45, 7) is 0. The van der Waals surface area contributed by atoms with Gasteiger partial charge in [-0.1, -0.05) is 0 Å². The smallest absolute Gasteiger partial charge is 0.263 e. The Morgan fingerprint density at radius 2 is 2.11 bits per heavy atom. The lowest BCUT2D eigenvalue weighted by molar-refractivity contribution is -0.384. The molecular formula is C12H7BrN4O2. The Morgan fingerprint density at radius 3 is 2.84 bits per heavy atom. The van der Waals surface area contributed by atoms with Crippen LogP contribution in [0.5, 0.6) is 0 Å². The van der Waals surface area contributed by atoms with E-state index in [4.69, 9.17) is 0 Å². The highest BCUT2D eigenvalue weighted by molar-refractivity contribution is 9.10. The average Bonchev–Trinajstić information content (AvgIpc) is 2.82. The molecule has 3 aromatic rings. The van der Waals surface area contributed by atoms with Gasteiger partial charge in [0.15, 0.2) is 0 Å². The molecule has 0 spiro atoms. The molecule has 3 rings (SSSR count). The van der Waals surface area contributed by atoms with Gasteiger partial charge in [-0.05, 0) is 28.1 Å². The largest absolute Gasteiger partial charge is 0.271 e. The molecule has 0 N–H and O–H groups in total. The maximum absolute atomic E-state index is 10.8. The fourth-order valence-corrected chi connectivity index (χ4v) is 2.27. The number of nitro benzene ring substituents is 1.